The molecule has 0 aliphatic heterocycles. The van der Waals surface area contributed by atoms with E-state index in [0.29, 0.717) is 17.0 Å². The van der Waals surface area contributed by atoms with Crippen molar-refractivity contribution in [1.82, 2.24) is 0 Å². The smallest absolute Gasteiger partial charge is 0.387 e. The molecule has 8 heteroatoms. The second kappa shape index (κ2) is 10.1. The van der Waals surface area contributed by atoms with Gasteiger partial charge in [0.05, 0.1) is 7.11 Å². The number of methoxy groups -OCH3 is 1. The van der Waals surface area contributed by atoms with E-state index < -0.39 is 24.6 Å². The van der Waals surface area contributed by atoms with Crippen molar-refractivity contribution in [3.05, 3.63) is 60.2 Å². The number of hydrogen-bond donors (Lipinski definition) is 1. The van der Waals surface area contributed by atoms with Gasteiger partial charge in [-0.05, 0) is 55.0 Å². The molecule has 0 spiro atoms. The maximum absolute atomic E-state index is 12.1. The number of halogens is 2. The summed E-state index contributed by atoms with van der Waals surface area (Å²) in [5.41, 5.74) is 1.12. The summed E-state index contributed by atoms with van der Waals surface area (Å²) in [6, 6.07) is 12.4. The van der Waals surface area contributed by atoms with Gasteiger partial charge < -0.3 is 19.5 Å². The summed E-state index contributed by atoms with van der Waals surface area (Å²) in [6.07, 6.45) is 1.56. The van der Waals surface area contributed by atoms with E-state index in [2.05, 4.69) is 10.1 Å². The highest BCUT2D eigenvalue weighted by atomic mass is 19.3. The number of carbonyl (C=O) groups excluding carboxylic acids is 2. The number of alkyl halides is 2. The normalized spacial score (nSPS) is 11.9. The Labute approximate surface area is 160 Å². The van der Waals surface area contributed by atoms with Gasteiger partial charge in [-0.2, -0.15) is 8.78 Å². The lowest BCUT2D eigenvalue weighted by molar-refractivity contribution is -0.148. The van der Waals surface area contributed by atoms with Crippen LogP contribution in [-0.4, -0.2) is 31.7 Å². The standard InChI is InChI=1S/C20H19F2NO5/c1-13(19(25)23-15-6-10-16(26-2)11-7-15)27-18(24)12-5-14-3-8-17(9-4-14)28-20(21)22/h3-13,20H,1-2H3,(H,23,25)/b12-5+/t13-/m0/s1. The number of nitrogens with one attached hydrogen (secondary N) is 1. The first kappa shape index (κ1) is 20.9. The Kier molecular flexibility index (Phi) is 7.50. The van der Waals surface area contributed by atoms with E-state index in [9.17, 15) is 18.4 Å². The highest BCUT2D eigenvalue weighted by Gasteiger charge is 2.16. The summed E-state index contributed by atoms with van der Waals surface area (Å²) in [5, 5.41) is 2.62. The zero-order valence-electron chi connectivity index (χ0n) is 15.2. The SMILES string of the molecule is COc1ccc(NC(=O)[C@H](C)OC(=O)/C=C/c2ccc(OC(F)F)cc2)cc1. The molecule has 6 nitrogen and oxygen atoms in total. The molecular weight excluding hydrogens is 372 g/mol. The quantitative estimate of drug-likeness (QED) is 0.546. The zero-order valence-corrected chi connectivity index (χ0v) is 15.2. The number of rotatable bonds is 8. The van der Waals surface area contributed by atoms with Gasteiger partial charge in [-0.1, -0.05) is 12.1 Å². The average molecular weight is 391 g/mol. The van der Waals surface area contributed by atoms with Crippen LogP contribution in [0.4, 0.5) is 14.5 Å². The predicted octanol–water partition coefficient (Wildman–Crippen LogP) is 3.88. The molecule has 0 saturated heterocycles. The van der Waals surface area contributed by atoms with Crippen LogP contribution < -0.4 is 14.8 Å². The Morgan fingerprint density at radius 2 is 1.61 bits per heavy atom. The van der Waals surface area contributed by atoms with E-state index in [-0.39, 0.29) is 5.75 Å². The molecule has 0 heterocycles. The molecule has 148 valence electrons. The minimum absolute atomic E-state index is 0.0125. The van der Waals surface area contributed by atoms with Crippen molar-refractivity contribution in [2.45, 2.75) is 19.6 Å². The largest absolute Gasteiger partial charge is 0.497 e. The first-order chi connectivity index (χ1) is 13.4. The third-order valence-corrected chi connectivity index (χ3v) is 3.54. The number of benzene rings is 2. The summed E-state index contributed by atoms with van der Waals surface area (Å²) in [6.45, 7) is -1.46. The molecule has 2 rings (SSSR count). The molecular formula is C20H19F2NO5. The fourth-order valence-electron chi connectivity index (χ4n) is 2.11. The van der Waals surface area contributed by atoms with Gasteiger partial charge in [0.15, 0.2) is 6.10 Å². The van der Waals surface area contributed by atoms with Gasteiger partial charge in [0.1, 0.15) is 11.5 Å². The number of esters is 1. The molecule has 0 saturated carbocycles. The average Bonchev–Trinajstić information content (AvgIpc) is 2.67. The number of amides is 1. The number of hydrogen-bond acceptors (Lipinski definition) is 5. The molecule has 2 aromatic rings. The summed E-state index contributed by atoms with van der Waals surface area (Å²) in [5.74, 6) is -0.541. The van der Waals surface area contributed by atoms with Gasteiger partial charge in [-0.25, -0.2) is 4.79 Å². The van der Waals surface area contributed by atoms with Gasteiger partial charge in [-0.15, -0.1) is 0 Å². The van der Waals surface area contributed by atoms with Crippen molar-refractivity contribution in [1.29, 1.82) is 0 Å². The molecule has 0 aliphatic rings. The van der Waals surface area contributed by atoms with Crippen LogP contribution in [-0.2, 0) is 14.3 Å². The van der Waals surface area contributed by atoms with Crippen LogP contribution in [0, 0.1) is 0 Å². The van der Waals surface area contributed by atoms with E-state index in [0.717, 1.165) is 6.08 Å². The van der Waals surface area contributed by atoms with Crippen LogP contribution in [0.25, 0.3) is 6.08 Å². The van der Waals surface area contributed by atoms with Crippen LogP contribution in [0.5, 0.6) is 11.5 Å². The Bertz CT molecular complexity index is 819. The van der Waals surface area contributed by atoms with Crippen LogP contribution in [0.1, 0.15) is 12.5 Å². The third-order valence-electron chi connectivity index (χ3n) is 3.54. The van der Waals surface area contributed by atoms with Gasteiger partial charge in [0, 0.05) is 11.8 Å². The summed E-state index contributed by atoms with van der Waals surface area (Å²) < 4.78 is 38.5. The second-order valence-corrected chi connectivity index (χ2v) is 5.58. The van der Waals surface area contributed by atoms with Crippen LogP contribution >= 0.6 is 0 Å². The van der Waals surface area contributed by atoms with Gasteiger partial charge in [0.2, 0.25) is 0 Å². The van der Waals surface area contributed by atoms with Crippen LogP contribution in [0.2, 0.25) is 0 Å². The van der Waals surface area contributed by atoms with Gasteiger partial charge >= 0.3 is 12.6 Å². The van der Waals surface area contributed by atoms with E-state index in [1.54, 1.807) is 24.3 Å². The van der Waals surface area contributed by atoms with Crippen molar-refractivity contribution in [2.24, 2.45) is 0 Å². The van der Waals surface area contributed by atoms with Crippen molar-refractivity contribution >= 4 is 23.6 Å². The van der Waals surface area contributed by atoms with Crippen molar-refractivity contribution in [2.75, 3.05) is 12.4 Å². The lowest BCUT2D eigenvalue weighted by atomic mass is 10.2. The molecule has 1 N–H and O–H groups in total. The summed E-state index contributed by atoms with van der Waals surface area (Å²) in [7, 11) is 1.54. The Hall–Kier alpha value is -3.42. The molecule has 0 aromatic heterocycles. The third kappa shape index (κ3) is 6.71. The Balaban J connectivity index is 1.85. The van der Waals surface area contributed by atoms with Crippen molar-refractivity contribution < 1.29 is 32.6 Å². The highest BCUT2D eigenvalue weighted by Crippen LogP contribution is 2.16. The number of ether oxygens (including phenoxy) is 3. The molecule has 0 fully saturated rings. The molecule has 0 aliphatic carbocycles. The van der Waals surface area contributed by atoms with Crippen molar-refractivity contribution in [3.8, 4) is 11.5 Å². The van der Waals surface area contributed by atoms with Gasteiger partial charge in [-0.3, -0.25) is 4.79 Å². The van der Waals surface area contributed by atoms with Crippen LogP contribution in [0.3, 0.4) is 0 Å². The topological polar surface area (TPSA) is 73.9 Å². The fraction of sp³-hybridized carbons (Fsp3) is 0.200. The molecule has 0 radical (unpaired) electrons. The Morgan fingerprint density at radius 3 is 2.18 bits per heavy atom. The minimum Gasteiger partial charge on any atom is -0.497 e. The maximum Gasteiger partial charge on any atom is 0.387 e. The fourth-order valence-corrected chi connectivity index (χ4v) is 2.11. The number of carbonyl (C=O) groups is 2. The second-order valence-electron chi connectivity index (χ2n) is 5.58. The zero-order chi connectivity index (χ0) is 20.5. The summed E-state index contributed by atoms with van der Waals surface area (Å²) in [4.78, 5) is 23.9. The lowest BCUT2D eigenvalue weighted by Crippen LogP contribution is -2.29. The first-order valence-electron chi connectivity index (χ1n) is 8.26. The number of anilines is 1. The van der Waals surface area contributed by atoms with E-state index in [1.165, 1.54) is 44.4 Å². The Morgan fingerprint density at radius 1 is 1.00 bits per heavy atom. The molecule has 0 unspecified atom stereocenters. The minimum atomic E-state index is -2.90. The molecule has 28 heavy (non-hydrogen) atoms. The van der Waals surface area contributed by atoms with Crippen LogP contribution in [0.15, 0.2) is 54.6 Å². The monoisotopic (exact) mass is 391 g/mol. The highest BCUT2D eigenvalue weighted by molar-refractivity contribution is 5.96. The van der Waals surface area contributed by atoms with Gasteiger partial charge in [0.25, 0.3) is 5.91 Å². The molecule has 0 bridgehead atoms. The predicted molar refractivity (Wildman–Crippen MR) is 99.3 cm³/mol. The molecule has 1 amide bonds. The lowest BCUT2D eigenvalue weighted by Gasteiger charge is -2.12. The maximum atomic E-state index is 12.1. The molecule has 2 aromatic carbocycles. The van der Waals surface area contributed by atoms with E-state index in [4.69, 9.17) is 9.47 Å². The van der Waals surface area contributed by atoms with E-state index >= 15 is 0 Å². The summed E-state index contributed by atoms with van der Waals surface area (Å²) >= 11 is 0. The van der Waals surface area contributed by atoms with Crippen molar-refractivity contribution in [3.63, 3.8) is 0 Å². The first-order valence-corrected chi connectivity index (χ1v) is 8.26. The molecule has 1 atom stereocenters. The van der Waals surface area contributed by atoms with E-state index in [1.807, 2.05) is 0 Å².